The summed E-state index contributed by atoms with van der Waals surface area (Å²) in [5.41, 5.74) is 6.69. The Bertz CT molecular complexity index is 997. The molecule has 3 aromatic rings. The molecule has 0 unspecified atom stereocenters. The van der Waals surface area contributed by atoms with Gasteiger partial charge in [0.25, 0.3) is 0 Å². The molecule has 0 bridgehead atoms. The third-order valence-electron chi connectivity index (χ3n) is 6.10. The molecular weight excluding hydrogens is 370 g/mol. The molecule has 4 nitrogen and oxygen atoms in total. The fourth-order valence-electron chi connectivity index (χ4n) is 4.37. The SMILES string of the molecule is Cc1ccc(-n2c(C)cc(C(=O)CN3CCN(Cc4ccccc4)CC3)c2C)cc1. The minimum atomic E-state index is 0.220. The summed E-state index contributed by atoms with van der Waals surface area (Å²) in [5, 5.41) is 0. The predicted molar refractivity (Wildman–Crippen MR) is 122 cm³/mol. The van der Waals surface area contributed by atoms with Crippen molar-refractivity contribution in [2.75, 3.05) is 32.7 Å². The van der Waals surface area contributed by atoms with Crippen molar-refractivity contribution in [2.45, 2.75) is 27.3 Å². The van der Waals surface area contributed by atoms with Gasteiger partial charge in [0.1, 0.15) is 0 Å². The molecule has 2 heterocycles. The van der Waals surface area contributed by atoms with E-state index in [2.05, 4.69) is 89.7 Å². The molecule has 1 saturated heterocycles. The number of carbonyl (C=O) groups is 1. The Kier molecular flexibility index (Phi) is 6.16. The van der Waals surface area contributed by atoms with Gasteiger partial charge in [-0.15, -0.1) is 0 Å². The number of hydrogen-bond acceptors (Lipinski definition) is 3. The van der Waals surface area contributed by atoms with Crippen LogP contribution >= 0.6 is 0 Å². The van der Waals surface area contributed by atoms with Crippen LogP contribution in [0.5, 0.6) is 0 Å². The number of aryl methyl sites for hydroxylation is 2. The van der Waals surface area contributed by atoms with Gasteiger partial charge < -0.3 is 4.57 Å². The summed E-state index contributed by atoms with van der Waals surface area (Å²) in [6.07, 6.45) is 0. The van der Waals surface area contributed by atoms with Gasteiger partial charge in [-0.1, -0.05) is 48.0 Å². The van der Waals surface area contributed by atoms with Crippen molar-refractivity contribution >= 4 is 5.78 Å². The van der Waals surface area contributed by atoms with E-state index in [1.54, 1.807) is 0 Å². The molecule has 0 saturated carbocycles. The molecule has 0 N–H and O–H groups in total. The fourth-order valence-corrected chi connectivity index (χ4v) is 4.37. The number of hydrogen-bond donors (Lipinski definition) is 0. The molecule has 0 atom stereocenters. The summed E-state index contributed by atoms with van der Waals surface area (Å²) in [4.78, 5) is 17.9. The van der Waals surface area contributed by atoms with E-state index in [0.29, 0.717) is 6.54 Å². The number of Topliss-reactive ketones (excluding diaryl/α,β-unsaturated/α-hetero) is 1. The molecule has 1 aromatic heterocycles. The molecule has 0 spiro atoms. The van der Waals surface area contributed by atoms with E-state index in [-0.39, 0.29) is 5.78 Å². The van der Waals surface area contributed by atoms with Crippen molar-refractivity contribution in [2.24, 2.45) is 0 Å². The first-order valence-electron chi connectivity index (χ1n) is 10.8. The number of carbonyl (C=O) groups excluding carboxylic acids is 1. The third-order valence-corrected chi connectivity index (χ3v) is 6.10. The second-order valence-corrected chi connectivity index (χ2v) is 8.42. The smallest absolute Gasteiger partial charge is 0.178 e. The molecule has 1 aliphatic heterocycles. The van der Waals surface area contributed by atoms with Crippen LogP contribution in [-0.4, -0.2) is 52.9 Å². The molecule has 2 aromatic carbocycles. The van der Waals surface area contributed by atoms with Crippen molar-refractivity contribution in [3.8, 4) is 5.69 Å². The molecule has 0 aliphatic carbocycles. The van der Waals surface area contributed by atoms with E-state index in [0.717, 1.165) is 55.4 Å². The normalized spacial score (nSPS) is 15.4. The molecule has 1 fully saturated rings. The van der Waals surface area contributed by atoms with E-state index in [1.807, 2.05) is 6.07 Å². The Hall–Kier alpha value is -2.69. The zero-order valence-corrected chi connectivity index (χ0v) is 18.3. The van der Waals surface area contributed by atoms with Crippen molar-refractivity contribution in [3.63, 3.8) is 0 Å². The van der Waals surface area contributed by atoms with Gasteiger partial charge in [0.2, 0.25) is 0 Å². The van der Waals surface area contributed by atoms with Gasteiger partial charge in [-0.2, -0.15) is 0 Å². The number of nitrogens with zero attached hydrogens (tertiary/aromatic N) is 3. The van der Waals surface area contributed by atoms with Crippen LogP contribution in [0.2, 0.25) is 0 Å². The highest BCUT2D eigenvalue weighted by Gasteiger charge is 2.22. The fraction of sp³-hybridized carbons (Fsp3) is 0.346. The average molecular weight is 402 g/mol. The molecule has 0 radical (unpaired) electrons. The van der Waals surface area contributed by atoms with Gasteiger partial charge in [0.05, 0.1) is 6.54 Å². The average Bonchev–Trinajstić information content (AvgIpc) is 3.05. The first kappa shape index (κ1) is 20.6. The number of ketones is 1. The van der Waals surface area contributed by atoms with Crippen LogP contribution in [0.15, 0.2) is 60.7 Å². The number of piperazine rings is 1. The minimum absolute atomic E-state index is 0.220. The van der Waals surface area contributed by atoms with Gasteiger partial charge in [-0.3, -0.25) is 14.6 Å². The van der Waals surface area contributed by atoms with Gasteiger partial charge >= 0.3 is 0 Å². The largest absolute Gasteiger partial charge is 0.318 e. The van der Waals surface area contributed by atoms with E-state index in [1.165, 1.54) is 11.1 Å². The lowest BCUT2D eigenvalue weighted by Gasteiger charge is -2.34. The number of aromatic nitrogens is 1. The van der Waals surface area contributed by atoms with E-state index >= 15 is 0 Å². The highest BCUT2D eigenvalue weighted by Crippen LogP contribution is 2.22. The molecule has 1 aliphatic rings. The minimum Gasteiger partial charge on any atom is -0.318 e. The van der Waals surface area contributed by atoms with Crippen LogP contribution in [0.4, 0.5) is 0 Å². The first-order chi connectivity index (χ1) is 14.5. The maximum Gasteiger partial charge on any atom is 0.178 e. The Morgan fingerprint density at radius 1 is 0.833 bits per heavy atom. The predicted octanol–water partition coefficient (Wildman–Crippen LogP) is 4.40. The zero-order valence-electron chi connectivity index (χ0n) is 18.3. The van der Waals surface area contributed by atoms with Gasteiger partial charge in [-0.25, -0.2) is 0 Å². The summed E-state index contributed by atoms with van der Waals surface area (Å²) in [7, 11) is 0. The summed E-state index contributed by atoms with van der Waals surface area (Å²) >= 11 is 0. The molecule has 4 rings (SSSR count). The van der Waals surface area contributed by atoms with Crippen molar-refractivity contribution in [1.82, 2.24) is 14.4 Å². The van der Waals surface area contributed by atoms with Crippen molar-refractivity contribution in [1.29, 1.82) is 0 Å². The Morgan fingerprint density at radius 3 is 2.13 bits per heavy atom. The van der Waals surface area contributed by atoms with E-state index < -0.39 is 0 Å². The summed E-state index contributed by atoms with van der Waals surface area (Å²) in [6.45, 7) is 11.6. The van der Waals surface area contributed by atoms with E-state index in [9.17, 15) is 4.79 Å². The topological polar surface area (TPSA) is 28.5 Å². The number of rotatable bonds is 6. The van der Waals surface area contributed by atoms with Gasteiger partial charge in [0, 0.05) is 55.4 Å². The van der Waals surface area contributed by atoms with Crippen LogP contribution in [0.1, 0.15) is 32.9 Å². The maximum absolute atomic E-state index is 13.1. The van der Waals surface area contributed by atoms with Crippen LogP contribution in [0.3, 0.4) is 0 Å². The second-order valence-electron chi connectivity index (χ2n) is 8.42. The Morgan fingerprint density at radius 2 is 1.47 bits per heavy atom. The summed E-state index contributed by atoms with van der Waals surface area (Å²) in [6, 6.07) is 21.1. The van der Waals surface area contributed by atoms with Crippen LogP contribution in [-0.2, 0) is 6.54 Å². The first-order valence-corrected chi connectivity index (χ1v) is 10.8. The standard InChI is InChI=1S/C26H31N3O/c1-20-9-11-24(12-10-20)29-21(2)17-25(22(29)3)26(30)19-28-15-13-27(14-16-28)18-23-7-5-4-6-8-23/h4-12,17H,13-16,18-19H2,1-3H3. The monoisotopic (exact) mass is 401 g/mol. The number of benzene rings is 2. The molecule has 4 heteroatoms. The maximum atomic E-state index is 13.1. The van der Waals surface area contributed by atoms with Gasteiger partial charge in [0.15, 0.2) is 5.78 Å². The summed E-state index contributed by atoms with van der Waals surface area (Å²) < 4.78 is 2.18. The van der Waals surface area contributed by atoms with Crippen LogP contribution in [0.25, 0.3) is 5.69 Å². The van der Waals surface area contributed by atoms with E-state index in [4.69, 9.17) is 0 Å². The van der Waals surface area contributed by atoms with Crippen LogP contribution in [0, 0.1) is 20.8 Å². The molecule has 30 heavy (non-hydrogen) atoms. The summed E-state index contributed by atoms with van der Waals surface area (Å²) in [5.74, 6) is 0.220. The van der Waals surface area contributed by atoms with Crippen molar-refractivity contribution < 1.29 is 4.79 Å². The highest BCUT2D eigenvalue weighted by molar-refractivity contribution is 5.99. The second kappa shape index (κ2) is 8.99. The van der Waals surface area contributed by atoms with Crippen LogP contribution < -0.4 is 0 Å². The lowest BCUT2D eigenvalue weighted by atomic mass is 10.1. The molecular formula is C26H31N3O. The molecule has 156 valence electrons. The Labute approximate surface area is 179 Å². The molecule has 0 amide bonds. The van der Waals surface area contributed by atoms with Gasteiger partial charge in [-0.05, 0) is 44.5 Å². The third kappa shape index (κ3) is 4.55. The quantitative estimate of drug-likeness (QED) is 0.573. The Balaban J connectivity index is 1.38. The highest BCUT2D eigenvalue weighted by atomic mass is 16.1. The zero-order chi connectivity index (χ0) is 21.1. The lowest BCUT2D eigenvalue weighted by Crippen LogP contribution is -2.47. The van der Waals surface area contributed by atoms with Crippen molar-refractivity contribution in [3.05, 3.63) is 88.7 Å². The lowest BCUT2D eigenvalue weighted by molar-refractivity contribution is 0.0843.